The number of nitrogens with zero attached hydrogens (tertiary/aromatic N) is 4. The highest BCUT2D eigenvalue weighted by Crippen LogP contribution is 2.29. The van der Waals surface area contributed by atoms with Gasteiger partial charge in [-0.15, -0.1) is 0 Å². The van der Waals surface area contributed by atoms with Crippen molar-refractivity contribution in [1.29, 1.82) is 5.26 Å². The monoisotopic (exact) mass is 338 g/mol. The number of hydrogen-bond donors (Lipinski definition) is 0. The first kappa shape index (κ1) is 17.2. The van der Waals surface area contributed by atoms with Gasteiger partial charge in [0.2, 0.25) is 0 Å². The van der Waals surface area contributed by atoms with Crippen LogP contribution in [-0.2, 0) is 12.2 Å². The Hall–Kier alpha value is -2.61. The number of rotatable bonds is 4. The Morgan fingerprint density at radius 2 is 2.00 bits per heavy atom. The van der Waals surface area contributed by atoms with Gasteiger partial charge in [-0.2, -0.15) is 10.4 Å². The second-order valence-electron chi connectivity index (χ2n) is 7.08. The van der Waals surface area contributed by atoms with E-state index in [1.807, 2.05) is 24.3 Å². The van der Waals surface area contributed by atoms with Crippen LogP contribution in [0.15, 0.2) is 36.5 Å². The first-order valence-corrected chi connectivity index (χ1v) is 8.52. The molecular weight excluding hydrogens is 315 g/mol. The van der Waals surface area contributed by atoms with Crippen molar-refractivity contribution >= 4 is 0 Å². The molecule has 3 rings (SSSR count). The molecule has 0 N–H and O–H groups in total. The van der Waals surface area contributed by atoms with Crippen LogP contribution in [-0.4, -0.2) is 21.2 Å². The number of aromatic nitrogens is 2. The quantitative estimate of drug-likeness (QED) is 0.832. The fraction of sp³-hybridized carbons (Fsp3) is 0.400. The van der Waals surface area contributed by atoms with Crippen LogP contribution in [0.2, 0.25) is 0 Å². The molecule has 1 aliphatic rings. The predicted octanol–water partition coefficient (Wildman–Crippen LogP) is 4.37. The first-order chi connectivity index (χ1) is 11.8. The zero-order valence-electron chi connectivity index (χ0n) is 15.0. The minimum atomic E-state index is -1.59. The van der Waals surface area contributed by atoms with E-state index in [0.29, 0.717) is 17.0 Å². The van der Waals surface area contributed by atoms with Crippen molar-refractivity contribution in [3.05, 3.63) is 59.1 Å². The predicted molar refractivity (Wildman–Crippen MR) is 95.9 cm³/mol. The molecule has 0 amide bonds. The molecule has 2 aromatic rings. The summed E-state index contributed by atoms with van der Waals surface area (Å²) in [6, 6.07) is 10.1. The first-order valence-electron chi connectivity index (χ1n) is 8.52. The molecule has 5 heteroatoms. The zero-order valence-corrected chi connectivity index (χ0v) is 15.0. The summed E-state index contributed by atoms with van der Waals surface area (Å²) in [6.07, 6.45) is 2.23. The minimum Gasteiger partial charge on any atom is -0.371 e. The lowest BCUT2D eigenvalue weighted by molar-refractivity contribution is 0.212. The summed E-state index contributed by atoms with van der Waals surface area (Å²) in [7, 11) is 0. The molecule has 25 heavy (non-hydrogen) atoms. The van der Waals surface area contributed by atoms with Gasteiger partial charge in [0.25, 0.3) is 0 Å². The Bertz CT molecular complexity index is 834. The van der Waals surface area contributed by atoms with Crippen LogP contribution in [0.25, 0.3) is 5.69 Å². The number of halogens is 1. The van der Waals surface area contributed by atoms with Crippen LogP contribution >= 0.6 is 0 Å². The third-order valence-corrected chi connectivity index (χ3v) is 4.69. The molecule has 0 radical (unpaired) electrons. The summed E-state index contributed by atoms with van der Waals surface area (Å²) in [5, 5.41) is 13.8. The van der Waals surface area contributed by atoms with E-state index in [9.17, 15) is 9.65 Å². The van der Waals surface area contributed by atoms with Crippen LogP contribution in [0.1, 0.15) is 49.2 Å². The third-order valence-electron chi connectivity index (χ3n) is 4.69. The van der Waals surface area contributed by atoms with E-state index in [2.05, 4.69) is 22.6 Å². The summed E-state index contributed by atoms with van der Waals surface area (Å²) in [4.78, 5) is 2.29. The van der Waals surface area contributed by atoms with Crippen LogP contribution in [0.4, 0.5) is 4.39 Å². The van der Waals surface area contributed by atoms with Gasteiger partial charge >= 0.3 is 0 Å². The van der Waals surface area contributed by atoms with Crippen LogP contribution in [0.5, 0.6) is 0 Å². The molecule has 4 nitrogen and oxygen atoms in total. The van der Waals surface area contributed by atoms with E-state index in [4.69, 9.17) is 0 Å². The highest BCUT2D eigenvalue weighted by Gasteiger charge is 2.28. The van der Waals surface area contributed by atoms with Gasteiger partial charge in [0, 0.05) is 24.4 Å². The standard InChI is InChI=1S/C20H23FN4/c1-14-6-5-11-24(14)13-16-7-9-17(10-8-16)25-18(12-22)15(2)19(23-25)20(3,4)21/h7-10H,1,5-6,11,13H2,2-4H3. The summed E-state index contributed by atoms with van der Waals surface area (Å²) < 4.78 is 15.9. The van der Waals surface area contributed by atoms with E-state index in [0.717, 1.165) is 31.6 Å². The molecule has 1 fully saturated rings. The van der Waals surface area contributed by atoms with Gasteiger partial charge in [-0.1, -0.05) is 18.7 Å². The van der Waals surface area contributed by atoms with Crippen LogP contribution < -0.4 is 0 Å². The Kier molecular flexibility index (Phi) is 4.38. The van der Waals surface area contributed by atoms with Gasteiger partial charge in [-0.3, -0.25) is 0 Å². The molecule has 0 bridgehead atoms. The fourth-order valence-electron chi connectivity index (χ4n) is 3.32. The zero-order chi connectivity index (χ0) is 18.2. The van der Waals surface area contributed by atoms with E-state index in [-0.39, 0.29) is 0 Å². The molecule has 0 spiro atoms. The average molecular weight is 338 g/mol. The van der Waals surface area contributed by atoms with Crippen molar-refractivity contribution in [3.8, 4) is 11.8 Å². The number of hydrogen-bond acceptors (Lipinski definition) is 3. The summed E-state index contributed by atoms with van der Waals surface area (Å²) in [6.45, 7) is 10.6. The van der Waals surface area contributed by atoms with Crippen molar-refractivity contribution < 1.29 is 4.39 Å². The van der Waals surface area contributed by atoms with Gasteiger partial charge in [-0.05, 0) is 51.3 Å². The molecule has 0 aliphatic carbocycles. The molecular formula is C20H23FN4. The lowest BCUT2D eigenvalue weighted by Crippen LogP contribution is -2.16. The molecule has 1 aromatic heterocycles. The molecule has 130 valence electrons. The van der Waals surface area contributed by atoms with Gasteiger partial charge in [0.15, 0.2) is 0 Å². The SMILES string of the molecule is C=C1CCCN1Cc1ccc(-n2nc(C(C)(C)F)c(C)c2C#N)cc1. The topological polar surface area (TPSA) is 44.9 Å². The highest BCUT2D eigenvalue weighted by atomic mass is 19.1. The lowest BCUT2D eigenvalue weighted by Gasteiger charge is -2.19. The van der Waals surface area contributed by atoms with Crippen molar-refractivity contribution in [3.63, 3.8) is 0 Å². The Morgan fingerprint density at radius 1 is 1.32 bits per heavy atom. The van der Waals surface area contributed by atoms with Crippen molar-refractivity contribution in [2.24, 2.45) is 0 Å². The van der Waals surface area contributed by atoms with E-state index in [1.165, 1.54) is 29.8 Å². The molecule has 1 aromatic carbocycles. The summed E-state index contributed by atoms with van der Waals surface area (Å²) in [5.41, 5.74) is 2.82. The van der Waals surface area contributed by atoms with E-state index in [1.54, 1.807) is 6.92 Å². The Balaban J connectivity index is 1.90. The molecule has 0 saturated carbocycles. The summed E-state index contributed by atoms with van der Waals surface area (Å²) in [5.74, 6) is 0. The highest BCUT2D eigenvalue weighted by molar-refractivity contribution is 5.44. The van der Waals surface area contributed by atoms with E-state index < -0.39 is 5.67 Å². The largest absolute Gasteiger partial charge is 0.371 e. The van der Waals surface area contributed by atoms with Gasteiger partial charge in [-0.25, -0.2) is 9.07 Å². The normalized spacial score (nSPS) is 14.8. The Morgan fingerprint density at radius 3 is 2.52 bits per heavy atom. The molecule has 2 heterocycles. The number of likely N-dealkylation sites (tertiary alicyclic amines) is 1. The maximum Gasteiger partial charge on any atom is 0.149 e. The molecule has 0 unspecified atom stereocenters. The van der Waals surface area contributed by atoms with Crippen molar-refractivity contribution in [2.75, 3.05) is 6.54 Å². The molecule has 1 aliphatic heterocycles. The number of alkyl halides is 1. The Labute approximate surface area is 148 Å². The number of nitriles is 1. The summed E-state index contributed by atoms with van der Waals surface area (Å²) >= 11 is 0. The van der Waals surface area contributed by atoms with Crippen LogP contribution in [0, 0.1) is 18.3 Å². The number of allylic oxidation sites excluding steroid dienone is 1. The minimum absolute atomic E-state index is 0.307. The van der Waals surface area contributed by atoms with Gasteiger partial charge < -0.3 is 4.90 Å². The maximum absolute atomic E-state index is 14.4. The van der Waals surface area contributed by atoms with Crippen molar-refractivity contribution in [2.45, 2.75) is 45.8 Å². The molecule has 0 atom stereocenters. The number of benzene rings is 1. The maximum atomic E-state index is 14.4. The molecule has 1 saturated heterocycles. The lowest BCUT2D eigenvalue weighted by atomic mass is 10.0. The van der Waals surface area contributed by atoms with Gasteiger partial charge in [0.05, 0.1) is 5.69 Å². The van der Waals surface area contributed by atoms with Gasteiger partial charge in [0.1, 0.15) is 23.1 Å². The second kappa shape index (κ2) is 6.36. The smallest absolute Gasteiger partial charge is 0.149 e. The van der Waals surface area contributed by atoms with Crippen molar-refractivity contribution in [1.82, 2.24) is 14.7 Å². The third kappa shape index (κ3) is 3.30. The second-order valence-corrected chi connectivity index (χ2v) is 7.08. The average Bonchev–Trinajstić information content (AvgIpc) is 3.11. The van der Waals surface area contributed by atoms with Crippen LogP contribution in [0.3, 0.4) is 0 Å². The van der Waals surface area contributed by atoms with E-state index >= 15 is 0 Å². The fourth-order valence-corrected chi connectivity index (χ4v) is 3.32.